The van der Waals surface area contributed by atoms with Crippen molar-refractivity contribution in [2.45, 2.75) is 6.42 Å². The van der Waals surface area contributed by atoms with Crippen molar-refractivity contribution in [1.82, 2.24) is 5.32 Å². The van der Waals surface area contributed by atoms with Gasteiger partial charge in [-0.15, -0.1) is 0 Å². The Kier molecular flexibility index (Phi) is 1.32. The predicted molar refractivity (Wildman–Crippen MR) is 28.2 cm³/mol. The molecule has 1 aliphatic rings. The SMILES string of the molecule is OC1=CCNCC1. The molecular weight excluding hydrogens is 90.1 g/mol. The highest BCUT2D eigenvalue weighted by Crippen LogP contribution is 1.96. The minimum atomic E-state index is 0.527. The molecule has 0 radical (unpaired) electrons. The van der Waals surface area contributed by atoms with E-state index in [9.17, 15) is 0 Å². The van der Waals surface area contributed by atoms with E-state index in [1.807, 2.05) is 0 Å². The van der Waals surface area contributed by atoms with Crippen LogP contribution in [0.3, 0.4) is 0 Å². The first-order valence-electron chi connectivity index (χ1n) is 2.48. The van der Waals surface area contributed by atoms with Crippen LogP contribution < -0.4 is 5.32 Å². The second kappa shape index (κ2) is 1.98. The molecule has 0 amide bonds. The standard InChI is InChI=1S/C5H9NO/c7-5-1-3-6-4-2-5/h1,6-7H,2-4H2. The minimum absolute atomic E-state index is 0.527. The maximum atomic E-state index is 8.73. The molecular formula is C5H9NO. The molecule has 40 valence electrons. The summed E-state index contributed by atoms with van der Waals surface area (Å²) in [5.74, 6) is 0.527. The minimum Gasteiger partial charge on any atom is -0.513 e. The number of aliphatic hydroxyl groups is 1. The van der Waals surface area contributed by atoms with Crippen LogP contribution in [0.5, 0.6) is 0 Å². The zero-order valence-corrected chi connectivity index (χ0v) is 4.15. The molecule has 0 atom stereocenters. The van der Waals surface area contributed by atoms with E-state index in [0.717, 1.165) is 19.5 Å². The first-order chi connectivity index (χ1) is 3.39. The van der Waals surface area contributed by atoms with Gasteiger partial charge < -0.3 is 10.4 Å². The summed E-state index contributed by atoms with van der Waals surface area (Å²) in [4.78, 5) is 0. The lowest BCUT2D eigenvalue weighted by Crippen LogP contribution is -2.20. The Morgan fingerprint density at radius 2 is 2.57 bits per heavy atom. The Labute approximate surface area is 42.8 Å². The molecule has 2 nitrogen and oxygen atoms in total. The zero-order chi connectivity index (χ0) is 5.11. The van der Waals surface area contributed by atoms with Gasteiger partial charge in [0.15, 0.2) is 0 Å². The van der Waals surface area contributed by atoms with Gasteiger partial charge >= 0.3 is 0 Å². The molecule has 0 aromatic rings. The molecule has 0 aromatic carbocycles. The number of hydrogen-bond donors (Lipinski definition) is 2. The average molecular weight is 99.1 g/mol. The maximum absolute atomic E-state index is 8.73. The lowest BCUT2D eigenvalue weighted by atomic mass is 10.3. The smallest absolute Gasteiger partial charge is 0.0908 e. The predicted octanol–water partition coefficient (Wildman–Crippen LogP) is 0.422. The molecule has 0 aromatic heterocycles. The molecule has 2 N–H and O–H groups in total. The quantitative estimate of drug-likeness (QED) is 0.461. The Bertz CT molecular complexity index is 88.1. The van der Waals surface area contributed by atoms with Crippen molar-refractivity contribution in [2.75, 3.05) is 13.1 Å². The summed E-state index contributed by atoms with van der Waals surface area (Å²) in [6.07, 6.45) is 2.59. The molecule has 0 unspecified atom stereocenters. The summed E-state index contributed by atoms with van der Waals surface area (Å²) < 4.78 is 0. The van der Waals surface area contributed by atoms with Crippen LogP contribution in [0.1, 0.15) is 6.42 Å². The van der Waals surface area contributed by atoms with Crippen molar-refractivity contribution in [2.24, 2.45) is 0 Å². The van der Waals surface area contributed by atoms with Crippen molar-refractivity contribution >= 4 is 0 Å². The second-order valence-electron chi connectivity index (χ2n) is 1.65. The topological polar surface area (TPSA) is 32.3 Å². The van der Waals surface area contributed by atoms with Crippen LogP contribution in [0.15, 0.2) is 11.8 Å². The first kappa shape index (κ1) is 4.65. The van der Waals surface area contributed by atoms with Gasteiger partial charge in [-0.3, -0.25) is 0 Å². The average Bonchev–Trinajstić information content (AvgIpc) is 1.69. The van der Waals surface area contributed by atoms with E-state index < -0.39 is 0 Å². The van der Waals surface area contributed by atoms with Crippen LogP contribution >= 0.6 is 0 Å². The molecule has 1 heterocycles. The van der Waals surface area contributed by atoms with Crippen LogP contribution in [-0.2, 0) is 0 Å². The highest BCUT2D eigenvalue weighted by Gasteiger charge is 1.96. The van der Waals surface area contributed by atoms with Crippen molar-refractivity contribution in [1.29, 1.82) is 0 Å². The van der Waals surface area contributed by atoms with E-state index in [-0.39, 0.29) is 0 Å². The van der Waals surface area contributed by atoms with E-state index in [0.29, 0.717) is 5.76 Å². The third-order valence-electron chi connectivity index (χ3n) is 1.04. The van der Waals surface area contributed by atoms with Gasteiger partial charge in [0, 0.05) is 19.5 Å². The number of aliphatic hydroxyl groups excluding tert-OH is 1. The summed E-state index contributed by atoms with van der Waals surface area (Å²) in [6.45, 7) is 1.74. The van der Waals surface area contributed by atoms with Gasteiger partial charge in [0.05, 0.1) is 5.76 Å². The second-order valence-corrected chi connectivity index (χ2v) is 1.65. The van der Waals surface area contributed by atoms with Crippen LogP contribution in [0.2, 0.25) is 0 Å². The Morgan fingerprint density at radius 3 is 2.86 bits per heavy atom. The molecule has 0 aliphatic carbocycles. The van der Waals surface area contributed by atoms with Gasteiger partial charge in [-0.25, -0.2) is 0 Å². The fourth-order valence-electron chi connectivity index (χ4n) is 0.611. The normalized spacial score (nSPS) is 21.4. The Balaban J connectivity index is 2.40. The third kappa shape index (κ3) is 1.20. The van der Waals surface area contributed by atoms with Crippen molar-refractivity contribution in [3.63, 3.8) is 0 Å². The molecule has 1 aliphatic heterocycles. The fourth-order valence-corrected chi connectivity index (χ4v) is 0.611. The fraction of sp³-hybridized carbons (Fsp3) is 0.600. The van der Waals surface area contributed by atoms with Crippen molar-refractivity contribution in [3.8, 4) is 0 Å². The van der Waals surface area contributed by atoms with E-state index in [2.05, 4.69) is 5.32 Å². The summed E-state index contributed by atoms with van der Waals surface area (Å²) >= 11 is 0. The molecule has 0 fully saturated rings. The number of nitrogens with one attached hydrogen (secondary N) is 1. The Hall–Kier alpha value is -0.500. The lowest BCUT2D eigenvalue weighted by molar-refractivity contribution is 0.373. The van der Waals surface area contributed by atoms with Gasteiger partial charge in [0.25, 0.3) is 0 Å². The monoisotopic (exact) mass is 99.1 g/mol. The van der Waals surface area contributed by atoms with Crippen LogP contribution in [0.25, 0.3) is 0 Å². The number of hydrogen-bond acceptors (Lipinski definition) is 2. The van der Waals surface area contributed by atoms with Crippen LogP contribution in [0, 0.1) is 0 Å². The van der Waals surface area contributed by atoms with Crippen molar-refractivity contribution in [3.05, 3.63) is 11.8 Å². The molecule has 1 rings (SSSR count). The van der Waals surface area contributed by atoms with E-state index in [1.54, 1.807) is 6.08 Å². The number of rotatable bonds is 0. The van der Waals surface area contributed by atoms with Crippen LogP contribution in [-0.4, -0.2) is 18.2 Å². The van der Waals surface area contributed by atoms with Gasteiger partial charge in [-0.2, -0.15) is 0 Å². The first-order valence-corrected chi connectivity index (χ1v) is 2.48. The largest absolute Gasteiger partial charge is 0.513 e. The molecule has 0 bridgehead atoms. The summed E-state index contributed by atoms with van der Waals surface area (Å²) in [5.41, 5.74) is 0. The lowest BCUT2D eigenvalue weighted by Gasteiger charge is -2.06. The molecule has 0 saturated carbocycles. The van der Waals surface area contributed by atoms with Crippen molar-refractivity contribution < 1.29 is 5.11 Å². The van der Waals surface area contributed by atoms with Gasteiger partial charge in [0.1, 0.15) is 0 Å². The highest BCUT2D eigenvalue weighted by atomic mass is 16.3. The van der Waals surface area contributed by atoms with E-state index in [4.69, 9.17) is 5.11 Å². The molecule has 7 heavy (non-hydrogen) atoms. The zero-order valence-electron chi connectivity index (χ0n) is 4.15. The third-order valence-corrected chi connectivity index (χ3v) is 1.04. The van der Waals surface area contributed by atoms with Gasteiger partial charge in [-0.1, -0.05) is 0 Å². The van der Waals surface area contributed by atoms with E-state index >= 15 is 0 Å². The van der Waals surface area contributed by atoms with E-state index in [1.165, 1.54) is 0 Å². The van der Waals surface area contributed by atoms with Gasteiger partial charge in [-0.05, 0) is 6.08 Å². The molecule has 0 spiro atoms. The van der Waals surface area contributed by atoms with Gasteiger partial charge in [0.2, 0.25) is 0 Å². The summed E-state index contributed by atoms with van der Waals surface area (Å²) in [6, 6.07) is 0. The van der Waals surface area contributed by atoms with Crippen LogP contribution in [0.4, 0.5) is 0 Å². The maximum Gasteiger partial charge on any atom is 0.0908 e. The Morgan fingerprint density at radius 1 is 1.71 bits per heavy atom. The summed E-state index contributed by atoms with van der Waals surface area (Å²) in [7, 11) is 0. The summed E-state index contributed by atoms with van der Waals surface area (Å²) in [5, 5.41) is 11.8. The molecule has 0 saturated heterocycles. The molecule has 2 heteroatoms. The highest BCUT2D eigenvalue weighted by molar-refractivity contribution is 4.96.